The predicted molar refractivity (Wildman–Crippen MR) is 89.6 cm³/mol. The number of hydrogen-bond donors (Lipinski definition) is 1. The van der Waals surface area contributed by atoms with Gasteiger partial charge in [-0.2, -0.15) is 5.26 Å². The minimum atomic E-state index is -0.513. The number of nitrogens with one attached hydrogen (secondary N) is 1. The first-order valence-electron chi connectivity index (χ1n) is 6.64. The zero-order valence-corrected chi connectivity index (χ0v) is 13.3. The summed E-state index contributed by atoms with van der Waals surface area (Å²) in [6, 6.07) is 8.17. The van der Waals surface area contributed by atoms with Crippen LogP contribution in [-0.4, -0.2) is 17.8 Å². The highest BCUT2D eigenvalue weighted by molar-refractivity contribution is 7.12. The lowest BCUT2D eigenvalue weighted by atomic mass is 10.0. The van der Waals surface area contributed by atoms with Crippen molar-refractivity contribution in [1.82, 2.24) is 0 Å². The third-order valence-corrected chi connectivity index (χ3v) is 4.25. The molecule has 1 N–H and O–H groups in total. The molecule has 0 fully saturated rings. The summed E-state index contributed by atoms with van der Waals surface area (Å²) in [5.41, 5.74) is 1.43. The van der Waals surface area contributed by atoms with Crippen LogP contribution in [0.3, 0.4) is 0 Å². The van der Waals surface area contributed by atoms with Gasteiger partial charge in [0.15, 0.2) is 0 Å². The summed E-state index contributed by atoms with van der Waals surface area (Å²) >= 11 is 1.27. The first kappa shape index (κ1) is 16.4. The number of thiophene rings is 1. The second kappa shape index (κ2) is 6.85. The Kier molecular flexibility index (Phi) is 4.88. The molecule has 6 nitrogen and oxygen atoms in total. The standard InChI is InChI=1S/C16H13N3O3S/c1-10-5-6-23-16(10)15(20)12(9-17)7-11-3-4-13(18-2)14(8-11)19(21)22/h3-8,18H,1-2H3/b12-7+. The maximum absolute atomic E-state index is 12.4. The molecule has 2 aromatic rings. The summed E-state index contributed by atoms with van der Waals surface area (Å²) in [7, 11) is 1.58. The van der Waals surface area contributed by atoms with Gasteiger partial charge in [-0.1, -0.05) is 6.07 Å². The molecule has 1 aromatic heterocycles. The van der Waals surface area contributed by atoms with E-state index >= 15 is 0 Å². The van der Waals surface area contributed by atoms with Gasteiger partial charge in [0.2, 0.25) is 5.78 Å². The topological polar surface area (TPSA) is 96.0 Å². The van der Waals surface area contributed by atoms with Gasteiger partial charge in [0.25, 0.3) is 5.69 Å². The minimum Gasteiger partial charge on any atom is -0.383 e. The van der Waals surface area contributed by atoms with Gasteiger partial charge in [0.1, 0.15) is 17.3 Å². The number of ketones is 1. The van der Waals surface area contributed by atoms with Crippen molar-refractivity contribution in [3.8, 4) is 6.07 Å². The molecular weight excluding hydrogens is 314 g/mol. The molecule has 0 aliphatic heterocycles. The van der Waals surface area contributed by atoms with Gasteiger partial charge in [0, 0.05) is 13.1 Å². The van der Waals surface area contributed by atoms with Crippen LogP contribution in [0.1, 0.15) is 20.8 Å². The molecule has 2 rings (SSSR count). The van der Waals surface area contributed by atoms with Gasteiger partial charge in [-0.15, -0.1) is 11.3 Å². The highest BCUT2D eigenvalue weighted by Crippen LogP contribution is 2.27. The Morgan fingerprint density at radius 3 is 2.70 bits per heavy atom. The summed E-state index contributed by atoms with van der Waals surface area (Å²) in [4.78, 5) is 23.4. The molecule has 0 aliphatic carbocycles. The Morgan fingerprint density at radius 2 is 2.17 bits per heavy atom. The van der Waals surface area contributed by atoms with Crippen LogP contribution < -0.4 is 5.32 Å². The average Bonchev–Trinajstić information content (AvgIpc) is 2.97. The minimum absolute atomic E-state index is 0.0537. The number of nitro benzene ring substituents is 1. The number of nitrogens with zero attached hydrogens (tertiary/aromatic N) is 2. The van der Waals surface area contributed by atoms with Gasteiger partial charge in [-0.25, -0.2) is 0 Å². The molecule has 0 bridgehead atoms. The van der Waals surface area contributed by atoms with Crippen LogP contribution in [0.5, 0.6) is 0 Å². The molecule has 0 atom stereocenters. The van der Waals surface area contributed by atoms with E-state index in [-0.39, 0.29) is 17.0 Å². The van der Waals surface area contributed by atoms with Crippen molar-refractivity contribution in [2.45, 2.75) is 6.92 Å². The molecule has 23 heavy (non-hydrogen) atoms. The van der Waals surface area contributed by atoms with E-state index in [9.17, 15) is 20.2 Å². The van der Waals surface area contributed by atoms with E-state index in [1.54, 1.807) is 37.6 Å². The van der Waals surface area contributed by atoms with Crippen LogP contribution in [0, 0.1) is 28.4 Å². The molecule has 0 saturated heterocycles. The normalized spacial score (nSPS) is 10.9. The predicted octanol–water partition coefficient (Wildman–Crippen LogP) is 3.80. The summed E-state index contributed by atoms with van der Waals surface area (Å²) in [6.07, 6.45) is 1.37. The van der Waals surface area contributed by atoms with Crippen molar-refractivity contribution in [2.24, 2.45) is 0 Å². The zero-order valence-electron chi connectivity index (χ0n) is 12.5. The quantitative estimate of drug-likeness (QED) is 0.296. The molecule has 0 saturated carbocycles. The van der Waals surface area contributed by atoms with E-state index in [4.69, 9.17) is 0 Å². The Hall–Kier alpha value is -2.98. The van der Waals surface area contributed by atoms with E-state index in [1.807, 2.05) is 6.07 Å². The van der Waals surface area contributed by atoms with Gasteiger partial charge >= 0.3 is 0 Å². The number of nitriles is 1. The van der Waals surface area contributed by atoms with Crippen LogP contribution in [0.2, 0.25) is 0 Å². The first-order valence-corrected chi connectivity index (χ1v) is 7.52. The molecule has 0 spiro atoms. The lowest BCUT2D eigenvalue weighted by molar-refractivity contribution is -0.383. The fourth-order valence-electron chi connectivity index (χ4n) is 2.04. The zero-order chi connectivity index (χ0) is 17.0. The highest BCUT2D eigenvalue weighted by atomic mass is 32.1. The SMILES string of the molecule is CNc1ccc(/C=C(\C#N)C(=O)c2sccc2C)cc1[N+](=O)[O-]. The van der Waals surface area contributed by atoms with Crippen LogP contribution in [-0.2, 0) is 0 Å². The van der Waals surface area contributed by atoms with Crippen LogP contribution in [0.15, 0.2) is 35.2 Å². The van der Waals surface area contributed by atoms with Crippen molar-refractivity contribution in [3.05, 3.63) is 61.3 Å². The number of anilines is 1. The molecule has 7 heteroatoms. The molecule has 1 aromatic carbocycles. The van der Waals surface area contributed by atoms with Gasteiger partial charge in [0.05, 0.1) is 9.80 Å². The molecule has 0 radical (unpaired) electrons. The smallest absolute Gasteiger partial charge is 0.292 e. The number of nitro groups is 1. The molecule has 0 amide bonds. The highest BCUT2D eigenvalue weighted by Gasteiger charge is 2.17. The lowest BCUT2D eigenvalue weighted by Gasteiger charge is -2.03. The summed E-state index contributed by atoms with van der Waals surface area (Å²) in [5, 5.41) is 24.8. The number of benzene rings is 1. The largest absolute Gasteiger partial charge is 0.383 e. The van der Waals surface area contributed by atoms with Crippen molar-refractivity contribution in [2.75, 3.05) is 12.4 Å². The van der Waals surface area contributed by atoms with E-state index in [2.05, 4.69) is 5.32 Å². The first-order chi connectivity index (χ1) is 11.0. The molecule has 1 heterocycles. The molecular formula is C16H13N3O3S. The molecule has 0 unspecified atom stereocenters. The monoisotopic (exact) mass is 327 g/mol. The van der Waals surface area contributed by atoms with Crippen LogP contribution >= 0.6 is 11.3 Å². The van der Waals surface area contributed by atoms with E-state index in [0.717, 1.165) is 5.56 Å². The summed E-state index contributed by atoms with van der Waals surface area (Å²) < 4.78 is 0. The number of hydrogen-bond acceptors (Lipinski definition) is 6. The number of Topliss-reactive ketones (excluding diaryl/α,β-unsaturated/α-hetero) is 1. The molecule has 116 valence electrons. The maximum Gasteiger partial charge on any atom is 0.292 e. The van der Waals surface area contributed by atoms with Crippen molar-refractivity contribution in [3.63, 3.8) is 0 Å². The maximum atomic E-state index is 12.4. The molecule has 0 aliphatic rings. The Balaban J connectivity index is 2.45. The van der Waals surface area contributed by atoms with Crippen molar-refractivity contribution >= 4 is 34.6 Å². The fourth-order valence-corrected chi connectivity index (χ4v) is 2.92. The van der Waals surface area contributed by atoms with Crippen LogP contribution in [0.25, 0.3) is 6.08 Å². The van der Waals surface area contributed by atoms with E-state index in [1.165, 1.54) is 23.5 Å². The second-order valence-corrected chi connectivity index (χ2v) is 5.63. The summed E-state index contributed by atoms with van der Waals surface area (Å²) in [5.74, 6) is -0.375. The van der Waals surface area contributed by atoms with E-state index < -0.39 is 4.92 Å². The fraction of sp³-hybridized carbons (Fsp3) is 0.125. The second-order valence-electron chi connectivity index (χ2n) is 4.72. The van der Waals surface area contributed by atoms with Crippen molar-refractivity contribution in [1.29, 1.82) is 5.26 Å². The van der Waals surface area contributed by atoms with Gasteiger partial charge in [-0.3, -0.25) is 14.9 Å². The Morgan fingerprint density at radius 1 is 1.43 bits per heavy atom. The number of aryl methyl sites for hydroxylation is 1. The lowest BCUT2D eigenvalue weighted by Crippen LogP contribution is -2.01. The number of carbonyl (C=O) groups is 1. The Bertz CT molecular complexity index is 846. The van der Waals surface area contributed by atoms with Crippen molar-refractivity contribution < 1.29 is 9.72 Å². The van der Waals surface area contributed by atoms with E-state index in [0.29, 0.717) is 16.1 Å². The Labute approximate surface area is 136 Å². The third kappa shape index (κ3) is 3.44. The van der Waals surface area contributed by atoms with Gasteiger partial charge in [-0.05, 0) is 41.6 Å². The third-order valence-electron chi connectivity index (χ3n) is 3.23. The average molecular weight is 327 g/mol. The summed E-state index contributed by atoms with van der Waals surface area (Å²) in [6.45, 7) is 1.80. The van der Waals surface area contributed by atoms with Gasteiger partial charge < -0.3 is 5.32 Å². The number of carbonyl (C=O) groups excluding carboxylic acids is 1. The number of allylic oxidation sites excluding steroid dienone is 1. The number of rotatable bonds is 5. The van der Waals surface area contributed by atoms with Crippen LogP contribution in [0.4, 0.5) is 11.4 Å².